The summed E-state index contributed by atoms with van der Waals surface area (Å²) in [6, 6.07) is 0. The normalized spacial score (nSPS) is 24.7. The van der Waals surface area contributed by atoms with Gasteiger partial charge in [0.15, 0.2) is 35.6 Å². The van der Waals surface area contributed by atoms with Gasteiger partial charge in [-0.15, -0.1) is 0 Å². The number of hydrogen-bond acceptors (Lipinski definition) is 3. The molecule has 0 bridgehead atoms. The van der Waals surface area contributed by atoms with Crippen LogP contribution in [0.5, 0.6) is 0 Å². The van der Waals surface area contributed by atoms with Crippen molar-refractivity contribution in [1.29, 1.82) is 0 Å². The highest BCUT2D eigenvalue weighted by molar-refractivity contribution is 5.61. The van der Waals surface area contributed by atoms with E-state index in [1.54, 1.807) is 0 Å². The van der Waals surface area contributed by atoms with Crippen molar-refractivity contribution in [3.05, 3.63) is 23.3 Å². The molecule has 2 atom stereocenters. The van der Waals surface area contributed by atoms with Crippen LogP contribution in [0, 0.1) is 0 Å². The highest BCUT2D eigenvalue weighted by Crippen LogP contribution is 2.37. The Hall–Kier alpha value is -1.60. The van der Waals surface area contributed by atoms with E-state index in [2.05, 4.69) is 9.47 Å². The molecule has 0 amide bonds. The Labute approximate surface area is 98.9 Å². The number of carbonyl (C=O) groups is 1. The summed E-state index contributed by atoms with van der Waals surface area (Å²) >= 11 is 0. The molecule has 18 heavy (non-hydrogen) atoms. The molecule has 0 spiro atoms. The van der Waals surface area contributed by atoms with E-state index in [0.717, 1.165) is 0 Å². The molecule has 0 saturated carbocycles. The maximum atomic E-state index is 13.2. The lowest BCUT2D eigenvalue weighted by Crippen LogP contribution is -2.34. The van der Waals surface area contributed by atoms with Crippen molar-refractivity contribution in [1.82, 2.24) is 0 Å². The van der Waals surface area contributed by atoms with Crippen LogP contribution in [-0.2, 0) is 9.47 Å². The van der Waals surface area contributed by atoms with Crippen molar-refractivity contribution in [3.63, 3.8) is 0 Å². The van der Waals surface area contributed by atoms with E-state index in [9.17, 15) is 26.7 Å². The topological polar surface area (TPSA) is 35.5 Å². The van der Waals surface area contributed by atoms with Gasteiger partial charge in [0.05, 0.1) is 6.10 Å². The summed E-state index contributed by atoms with van der Waals surface area (Å²) in [4.78, 5) is 11.0. The van der Waals surface area contributed by atoms with Gasteiger partial charge in [-0.3, -0.25) is 0 Å². The number of ether oxygens (including phenoxy) is 2. The highest BCUT2D eigenvalue weighted by Gasteiger charge is 2.43. The molecule has 0 fully saturated rings. The van der Waals surface area contributed by atoms with E-state index in [-0.39, 0.29) is 0 Å². The van der Waals surface area contributed by atoms with Crippen molar-refractivity contribution >= 4 is 6.16 Å². The van der Waals surface area contributed by atoms with Crippen LogP contribution in [0.2, 0.25) is 0 Å². The lowest BCUT2D eigenvalue weighted by atomic mass is 10.1. The van der Waals surface area contributed by atoms with Crippen molar-refractivity contribution in [2.45, 2.75) is 32.2 Å². The van der Waals surface area contributed by atoms with Crippen LogP contribution in [0.15, 0.2) is 23.3 Å². The molecular formula is C10H9F5O3. The molecule has 0 heterocycles. The van der Waals surface area contributed by atoms with Crippen LogP contribution in [0.1, 0.15) is 13.8 Å². The average Bonchev–Trinajstić information content (AvgIpc) is 2.29. The second-order valence-corrected chi connectivity index (χ2v) is 3.68. The van der Waals surface area contributed by atoms with E-state index in [1.807, 2.05) is 0 Å². The Balaban J connectivity index is 2.88. The van der Waals surface area contributed by atoms with Gasteiger partial charge in [-0.25, -0.2) is 26.7 Å². The first kappa shape index (κ1) is 14.5. The maximum Gasteiger partial charge on any atom is 0.509 e. The minimum Gasteiger partial charge on any atom is -0.432 e. The van der Waals surface area contributed by atoms with Crippen LogP contribution in [0.4, 0.5) is 26.7 Å². The number of allylic oxidation sites excluding steroid dienone is 2. The zero-order chi connectivity index (χ0) is 14.0. The molecule has 0 N–H and O–H groups in total. The van der Waals surface area contributed by atoms with Gasteiger partial charge in [-0.1, -0.05) is 0 Å². The summed E-state index contributed by atoms with van der Waals surface area (Å²) in [5.41, 5.74) is 0. The van der Waals surface area contributed by atoms with E-state index in [1.165, 1.54) is 13.8 Å². The minimum absolute atomic E-state index is 0.659. The molecule has 0 aromatic carbocycles. The first-order chi connectivity index (χ1) is 8.25. The largest absolute Gasteiger partial charge is 0.509 e. The molecule has 0 aromatic heterocycles. The van der Waals surface area contributed by atoms with Crippen molar-refractivity contribution < 1.29 is 36.2 Å². The van der Waals surface area contributed by atoms with E-state index < -0.39 is 47.8 Å². The summed E-state index contributed by atoms with van der Waals surface area (Å²) in [6.45, 7) is 2.84. The summed E-state index contributed by atoms with van der Waals surface area (Å²) in [6.07, 6.45) is -7.66. The van der Waals surface area contributed by atoms with Crippen LogP contribution >= 0.6 is 0 Å². The van der Waals surface area contributed by atoms with E-state index in [4.69, 9.17) is 0 Å². The fourth-order valence-electron chi connectivity index (χ4n) is 1.15. The van der Waals surface area contributed by atoms with E-state index >= 15 is 0 Å². The lowest BCUT2D eigenvalue weighted by Gasteiger charge is -2.22. The Kier molecular flexibility index (Phi) is 4.31. The van der Waals surface area contributed by atoms with Crippen LogP contribution in [0.25, 0.3) is 0 Å². The number of alkyl halides is 1. The molecule has 0 saturated heterocycles. The van der Waals surface area contributed by atoms with Gasteiger partial charge in [-0.2, -0.15) is 0 Å². The Morgan fingerprint density at radius 2 is 1.61 bits per heavy atom. The first-order valence-corrected chi connectivity index (χ1v) is 4.87. The second kappa shape index (κ2) is 5.36. The van der Waals surface area contributed by atoms with Crippen LogP contribution in [-0.4, -0.2) is 24.5 Å². The minimum atomic E-state index is -2.95. The SMILES string of the molecule is CC(C)OC(=O)OC1C(F)=C(F)C(F)=C(F)C1F. The standard InChI is InChI=1S/C10H9F5O3/c1-3(2)17-10(16)18-9-7(14)5(12)4(11)6(13)8(9)15/h3,7,9H,1-2H3. The molecule has 2 unspecified atom stereocenters. The zero-order valence-corrected chi connectivity index (χ0v) is 9.35. The molecular weight excluding hydrogens is 263 g/mol. The van der Waals surface area contributed by atoms with Gasteiger partial charge in [0.1, 0.15) is 0 Å². The average molecular weight is 272 g/mol. The maximum absolute atomic E-state index is 13.2. The molecule has 8 heteroatoms. The van der Waals surface area contributed by atoms with Gasteiger partial charge in [0.2, 0.25) is 0 Å². The van der Waals surface area contributed by atoms with Gasteiger partial charge < -0.3 is 9.47 Å². The van der Waals surface area contributed by atoms with Gasteiger partial charge in [0, 0.05) is 0 Å². The molecule has 0 aromatic rings. The fraction of sp³-hybridized carbons (Fsp3) is 0.500. The predicted molar refractivity (Wildman–Crippen MR) is 49.9 cm³/mol. The quantitative estimate of drug-likeness (QED) is 0.569. The molecule has 1 rings (SSSR count). The van der Waals surface area contributed by atoms with Gasteiger partial charge >= 0.3 is 6.16 Å². The molecule has 1 aliphatic carbocycles. The molecule has 0 radical (unpaired) electrons. The lowest BCUT2D eigenvalue weighted by molar-refractivity contribution is -0.0132. The first-order valence-electron chi connectivity index (χ1n) is 4.87. The zero-order valence-electron chi connectivity index (χ0n) is 9.35. The van der Waals surface area contributed by atoms with Gasteiger partial charge in [0.25, 0.3) is 0 Å². The number of halogens is 5. The summed E-state index contributed by atoms with van der Waals surface area (Å²) < 4.78 is 72.9. The summed E-state index contributed by atoms with van der Waals surface area (Å²) in [5.74, 6) is -8.72. The third kappa shape index (κ3) is 2.80. The number of rotatable bonds is 2. The molecule has 3 nitrogen and oxygen atoms in total. The Morgan fingerprint density at radius 1 is 1.11 bits per heavy atom. The molecule has 1 aliphatic rings. The number of hydrogen-bond donors (Lipinski definition) is 0. The van der Waals surface area contributed by atoms with Gasteiger partial charge in [-0.05, 0) is 13.8 Å². The second-order valence-electron chi connectivity index (χ2n) is 3.68. The Bertz CT molecular complexity index is 416. The monoisotopic (exact) mass is 272 g/mol. The van der Waals surface area contributed by atoms with E-state index in [0.29, 0.717) is 0 Å². The molecule has 0 aliphatic heterocycles. The smallest absolute Gasteiger partial charge is 0.432 e. The van der Waals surface area contributed by atoms with Crippen LogP contribution in [0.3, 0.4) is 0 Å². The Morgan fingerprint density at radius 3 is 2.11 bits per heavy atom. The molecule has 102 valence electrons. The number of carbonyl (C=O) groups excluding carboxylic acids is 1. The summed E-state index contributed by atoms with van der Waals surface area (Å²) in [7, 11) is 0. The third-order valence-corrected chi connectivity index (χ3v) is 1.92. The predicted octanol–water partition coefficient (Wildman–Crippen LogP) is 3.57. The fourth-order valence-corrected chi connectivity index (χ4v) is 1.15. The summed E-state index contributed by atoms with van der Waals surface area (Å²) in [5, 5.41) is 0. The highest BCUT2D eigenvalue weighted by atomic mass is 19.2. The van der Waals surface area contributed by atoms with Crippen molar-refractivity contribution in [2.75, 3.05) is 0 Å². The third-order valence-electron chi connectivity index (χ3n) is 1.92. The van der Waals surface area contributed by atoms with Crippen molar-refractivity contribution in [3.8, 4) is 0 Å². The van der Waals surface area contributed by atoms with Crippen LogP contribution < -0.4 is 0 Å². The van der Waals surface area contributed by atoms with Crippen molar-refractivity contribution in [2.24, 2.45) is 0 Å².